The largest absolute Gasteiger partial charge is 0.416 e. The minimum absolute atomic E-state index is 0.450. The van der Waals surface area contributed by atoms with Crippen LogP contribution in [0.25, 0.3) is 0 Å². The van der Waals surface area contributed by atoms with E-state index in [0.717, 1.165) is 28.8 Å². The Kier molecular flexibility index (Phi) is 3.85. The molecule has 0 spiro atoms. The van der Waals surface area contributed by atoms with E-state index in [-0.39, 0.29) is 0 Å². The van der Waals surface area contributed by atoms with Crippen molar-refractivity contribution in [1.29, 1.82) is 0 Å². The lowest BCUT2D eigenvalue weighted by Gasteiger charge is -2.29. The zero-order chi connectivity index (χ0) is 15.8. The van der Waals surface area contributed by atoms with Crippen LogP contribution in [0, 0.1) is 13.8 Å². The first-order valence-corrected chi connectivity index (χ1v) is 6.67. The third kappa shape index (κ3) is 3.10. The molecule has 0 aromatic heterocycles. The molecule has 21 heavy (non-hydrogen) atoms. The number of hydrogen-bond acceptors (Lipinski definition) is 1. The Labute approximate surface area is 122 Å². The van der Waals surface area contributed by atoms with Crippen molar-refractivity contribution >= 4 is 0 Å². The first-order valence-electron chi connectivity index (χ1n) is 6.67. The molecule has 0 heterocycles. The van der Waals surface area contributed by atoms with E-state index in [0.29, 0.717) is 5.56 Å². The molecule has 0 bridgehead atoms. The second kappa shape index (κ2) is 5.19. The van der Waals surface area contributed by atoms with E-state index in [9.17, 15) is 13.2 Å². The van der Waals surface area contributed by atoms with Crippen molar-refractivity contribution in [2.45, 2.75) is 32.5 Å². The summed E-state index contributed by atoms with van der Waals surface area (Å²) in [5.74, 6) is 0. The van der Waals surface area contributed by atoms with Crippen LogP contribution in [0.3, 0.4) is 0 Å². The fourth-order valence-electron chi connectivity index (χ4n) is 2.47. The number of rotatable bonds is 2. The highest BCUT2D eigenvalue weighted by Gasteiger charge is 2.33. The molecule has 0 amide bonds. The summed E-state index contributed by atoms with van der Waals surface area (Å²) in [4.78, 5) is 0. The Morgan fingerprint density at radius 2 is 1.52 bits per heavy atom. The molecule has 2 rings (SSSR count). The lowest BCUT2D eigenvalue weighted by molar-refractivity contribution is -0.137. The molecule has 0 aliphatic carbocycles. The molecule has 2 N–H and O–H groups in total. The molecule has 1 atom stereocenters. The first-order chi connectivity index (χ1) is 9.62. The maximum Gasteiger partial charge on any atom is 0.416 e. The summed E-state index contributed by atoms with van der Waals surface area (Å²) in [6, 6.07) is 11.0. The molecule has 1 nitrogen and oxygen atoms in total. The van der Waals surface area contributed by atoms with Crippen molar-refractivity contribution in [3.8, 4) is 0 Å². The predicted octanol–water partition coefficient (Wildman–Crippen LogP) is 4.54. The third-order valence-corrected chi connectivity index (χ3v) is 3.74. The van der Waals surface area contributed by atoms with Gasteiger partial charge in [0.25, 0.3) is 0 Å². The molecule has 1 unspecified atom stereocenters. The van der Waals surface area contributed by atoms with E-state index in [2.05, 4.69) is 0 Å². The minimum Gasteiger partial charge on any atom is -0.318 e. The lowest BCUT2D eigenvalue weighted by atomic mass is 9.82. The Morgan fingerprint density at radius 1 is 0.905 bits per heavy atom. The molecule has 4 heteroatoms. The maximum absolute atomic E-state index is 12.9. The van der Waals surface area contributed by atoms with Crippen molar-refractivity contribution in [3.05, 3.63) is 70.3 Å². The monoisotopic (exact) mass is 293 g/mol. The van der Waals surface area contributed by atoms with Gasteiger partial charge in [-0.2, -0.15) is 13.2 Å². The number of halogens is 3. The van der Waals surface area contributed by atoms with Crippen LogP contribution in [0.2, 0.25) is 0 Å². The van der Waals surface area contributed by atoms with Crippen molar-refractivity contribution in [2.75, 3.05) is 0 Å². The molecule has 0 aliphatic rings. The van der Waals surface area contributed by atoms with Crippen LogP contribution in [0.5, 0.6) is 0 Å². The summed E-state index contributed by atoms with van der Waals surface area (Å²) in [6.45, 7) is 5.59. The van der Waals surface area contributed by atoms with Gasteiger partial charge >= 0.3 is 6.18 Å². The maximum atomic E-state index is 12.9. The summed E-state index contributed by atoms with van der Waals surface area (Å²) in [5, 5.41) is 0. The van der Waals surface area contributed by atoms with Crippen LogP contribution < -0.4 is 5.73 Å². The van der Waals surface area contributed by atoms with E-state index in [1.165, 1.54) is 6.07 Å². The van der Waals surface area contributed by atoms with Crippen molar-refractivity contribution < 1.29 is 13.2 Å². The third-order valence-electron chi connectivity index (χ3n) is 3.74. The molecule has 2 aromatic carbocycles. The lowest BCUT2D eigenvalue weighted by Crippen LogP contribution is -2.35. The van der Waals surface area contributed by atoms with Gasteiger partial charge in [-0.05, 0) is 49.6 Å². The van der Waals surface area contributed by atoms with Crippen LogP contribution in [0.15, 0.2) is 42.5 Å². The molecular weight excluding hydrogens is 275 g/mol. The zero-order valence-electron chi connectivity index (χ0n) is 12.3. The van der Waals surface area contributed by atoms with Gasteiger partial charge in [0.1, 0.15) is 0 Å². The molecule has 0 saturated heterocycles. The summed E-state index contributed by atoms with van der Waals surface area (Å²) in [5.41, 5.74) is 7.99. The Morgan fingerprint density at radius 3 is 2.14 bits per heavy atom. The minimum atomic E-state index is -4.37. The van der Waals surface area contributed by atoms with Gasteiger partial charge in [-0.25, -0.2) is 0 Å². The van der Waals surface area contributed by atoms with Crippen LogP contribution in [-0.4, -0.2) is 0 Å². The summed E-state index contributed by atoms with van der Waals surface area (Å²) in [6.07, 6.45) is -4.37. The Balaban J connectivity index is 2.56. The van der Waals surface area contributed by atoms with Gasteiger partial charge in [0.2, 0.25) is 0 Å². The molecule has 0 fully saturated rings. The van der Waals surface area contributed by atoms with E-state index in [1.54, 1.807) is 13.0 Å². The molecule has 112 valence electrons. The van der Waals surface area contributed by atoms with Crippen molar-refractivity contribution in [1.82, 2.24) is 0 Å². The Hall–Kier alpha value is -1.81. The fraction of sp³-hybridized carbons (Fsp3) is 0.294. The number of nitrogens with two attached hydrogens (primary N) is 1. The quantitative estimate of drug-likeness (QED) is 0.864. The number of alkyl halides is 3. The number of benzene rings is 2. The molecule has 0 saturated carbocycles. The van der Waals surface area contributed by atoms with E-state index < -0.39 is 17.3 Å². The summed E-state index contributed by atoms with van der Waals surface area (Å²) < 4.78 is 38.6. The normalized spacial score (nSPS) is 14.8. The highest BCUT2D eigenvalue weighted by atomic mass is 19.4. The molecule has 0 radical (unpaired) electrons. The smallest absolute Gasteiger partial charge is 0.318 e. The SMILES string of the molecule is Cc1ccc(C)c(C(C)(N)c2cccc(C(F)(F)F)c2)c1. The first kappa shape index (κ1) is 15.6. The average molecular weight is 293 g/mol. The Bertz CT molecular complexity index is 657. The number of hydrogen-bond donors (Lipinski definition) is 1. The van der Waals surface area contributed by atoms with Gasteiger partial charge in [-0.15, -0.1) is 0 Å². The van der Waals surface area contributed by atoms with Gasteiger partial charge in [0, 0.05) is 0 Å². The summed E-state index contributed by atoms with van der Waals surface area (Å²) >= 11 is 0. The standard InChI is InChI=1S/C17H18F3N/c1-11-7-8-12(2)15(9-11)16(3,21)13-5-4-6-14(10-13)17(18,19)20/h4-10H,21H2,1-3H3. The summed E-state index contributed by atoms with van der Waals surface area (Å²) in [7, 11) is 0. The molecular formula is C17H18F3N. The second-order valence-electron chi connectivity index (χ2n) is 5.60. The van der Waals surface area contributed by atoms with E-state index >= 15 is 0 Å². The van der Waals surface area contributed by atoms with Gasteiger partial charge in [-0.3, -0.25) is 0 Å². The number of aryl methyl sites for hydroxylation is 2. The van der Waals surface area contributed by atoms with E-state index in [4.69, 9.17) is 5.73 Å². The van der Waals surface area contributed by atoms with Crippen LogP contribution in [0.1, 0.15) is 34.7 Å². The fourth-order valence-corrected chi connectivity index (χ4v) is 2.47. The predicted molar refractivity (Wildman–Crippen MR) is 78.0 cm³/mol. The van der Waals surface area contributed by atoms with Gasteiger partial charge in [0.05, 0.1) is 11.1 Å². The highest BCUT2D eigenvalue weighted by molar-refractivity contribution is 5.44. The van der Waals surface area contributed by atoms with Gasteiger partial charge in [-0.1, -0.05) is 35.9 Å². The van der Waals surface area contributed by atoms with Crippen molar-refractivity contribution in [3.63, 3.8) is 0 Å². The second-order valence-corrected chi connectivity index (χ2v) is 5.60. The topological polar surface area (TPSA) is 26.0 Å². The average Bonchev–Trinajstić information content (AvgIpc) is 2.40. The van der Waals surface area contributed by atoms with Crippen LogP contribution >= 0.6 is 0 Å². The van der Waals surface area contributed by atoms with Crippen LogP contribution in [-0.2, 0) is 11.7 Å². The zero-order valence-corrected chi connectivity index (χ0v) is 12.3. The van der Waals surface area contributed by atoms with E-state index in [1.807, 2.05) is 32.0 Å². The molecule has 2 aromatic rings. The van der Waals surface area contributed by atoms with Crippen LogP contribution in [0.4, 0.5) is 13.2 Å². The van der Waals surface area contributed by atoms with Crippen molar-refractivity contribution in [2.24, 2.45) is 5.73 Å². The highest BCUT2D eigenvalue weighted by Crippen LogP contribution is 2.34. The van der Waals surface area contributed by atoms with Gasteiger partial charge < -0.3 is 5.73 Å². The molecule has 0 aliphatic heterocycles. The van der Waals surface area contributed by atoms with Gasteiger partial charge in [0.15, 0.2) is 0 Å².